The third-order valence-corrected chi connectivity index (χ3v) is 6.91. The molecule has 2 atom stereocenters. The van der Waals surface area contributed by atoms with Crippen LogP contribution in [-0.4, -0.2) is 65.5 Å². The first-order valence-corrected chi connectivity index (χ1v) is 12.7. The number of likely N-dealkylation sites (tertiary alicyclic amines) is 1. The molecule has 0 aliphatic carbocycles. The molecule has 0 bridgehead atoms. The van der Waals surface area contributed by atoms with Gasteiger partial charge >= 0.3 is 0 Å². The van der Waals surface area contributed by atoms with Gasteiger partial charge in [-0.3, -0.25) is 14.5 Å². The van der Waals surface area contributed by atoms with Crippen molar-refractivity contribution in [2.75, 3.05) is 27.7 Å². The molecule has 1 saturated heterocycles. The van der Waals surface area contributed by atoms with Crippen LogP contribution in [0.5, 0.6) is 5.88 Å². The van der Waals surface area contributed by atoms with Crippen molar-refractivity contribution in [3.8, 4) is 17.1 Å². The number of ether oxygens (including phenoxy) is 1. The topological polar surface area (TPSA) is 112 Å². The van der Waals surface area contributed by atoms with Crippen molar-refractivity contribution in [2.24, 2.45) is 0 Å². The summed E-state index contributed by atoms with van der Waals surface area (Å²) in [5.41, 5.74) is 2.47. The Hall–Kier alpha value is -3.46. The van der Waals surface area contributed by atoms with Crippen molar-refractivity contribution >= 4 is 22.7 Å². The van der Waals surface area contributed by atoms with Gasteiger partial charge in [-0.05, 0) is 51.4 Å². The van der Waals surface area contributed by atoms with E-state index >= 15 is 0 Å². The lowest BCUT2D eigenvalue weighted by Gasteiger charge is -2.23. The van der Waals surface area contributed by atoms with E-state index in [0.29, 0.717) is 18.1 Å². The summed E-state index contributed by atoms with van der Waals surface area (Å²) >= 11 is 0. The maximum Gasteiger partial charge on any atom is 0.237 e. The van der Waals surface area contributed by atoms with Crippen LogP contribution in [0.15, 0.2) is 36.5 Å². The largest absolute Gasteiger partial charge is 0.480 e. The number of pyridine rings is 1. The molecule has 1 aliphatic heterocycles. The fraction of sp³-hybridized carbons (Fsp3) is 0.481. The van der Waals surface area contributed by atoms with E-state index in [0.717, 1.165) is 67.2 Å². The van der Waals surface area contributed by atoms with Gasteiger partial charge in [0.25, 0.3) is 0 Å². The van der Waals surface area contributed by atoms with Crippen LogP contribution in [0, 0.1) is 0 Å². The molecule has 1 aliphatic rings. The molecule has 0 radical (unpaired) electrons. The van der Waals surface area contributed by atoms with Crippen LogP contribution in [0.25, 0.3) is 22.2 Å². The Bertz CT molecular complexity index is 1190. The average molecular weight is 493 g/mol. The maximum atomic E-state index is 13.1. The second kappa shape index (κ2) is 12.0. The molecule has 192 valence electrons. The predicted molar refractivity (Wildman–Crippen MR) is 140 cm³/mol. The lowest BCUT2D eigenvalue weighted by Crippen LogP contribution is -2.43. The summed E-state index contributed by atoms with van der Waals surface area (Å²) < 4.78 is 5.57. The molecule has 1 aromatic carbocycles. The molecule has 4 rings (SSSR count). The lowest BCUT2D eigenvalue weighted by molar-refractivity contribution is -0.126. The van der Waals surface area contributed by atoms with E-state index in [1.54, 1.807) is 20.4 Å². The van der Waals surface area contributed by atoms with Crippen molar-refractivity contribution in [3.63, 3.8) is 0 Å². The highest BCUT2D eigenvalue weighted by atomic mass is 16.5. The predicted octanol–water partition coefficient (Wildman–Crippen LogP) is 3.58. The summed E-state index contributed by atoms with van der Waals surface area (Å²) in [4.78, 5) is 39.5. The zero-order chi connectivity index (χ0) is 25.5. The van der Waals surface area contributed by atoms with E-state index in [2.05, 4.69) is 30.5 Å². The van der Waals surface area contributed by atoms with E-state index in [1.807, 2.05) is 37.4 Å². The fourth-order valence-corrected chi connectivity index (χ4v) is 4.82. The summed E-state index contributed by atoms with van der Waals surface area (Å²) in [5, 5.41) is 6.91. The maximum absolute atomic E-state index is 13.1. The first kappa shape index (κ1) is 25.6. The number of unbranched alkanes of at least 4 members (excludes halogenated alkanes) is 2. The lowest BCUT2D eigenvalue weighted by atomic mass is 10.1. The van der Waals surface area contributed by atoms with Gasteiger partial charge < -0.3 is 20.4 Å². The van der Waals surface area contributed by atoms with Gasteiger partial charge in [0.05, 0.1) is 42.2 Å². The Balaban J connectivity index is 1.53. The van der Waals surface area contributed by atoms with Gasteiger partial charge in [0.15, 0.2) is 0 Å². The van der Waals surface area contributed by atoms with Crippen molar-refractivity contribution < 1.29 is 14.3 Å². The molecule has 0 spiro atoms. The number of nitrogens with one attached hydrogen (secondary N) is 3. The third-order valence-electron chi connectivity index (χ3n) is 6.91. The van der Waals surface area contributed by atoms with Crippen LogP contribution < -0.4 is 15.4 Å². The number of rotatable bonds is 11. The van der Waals surface area contributed by atoms with Crippen LogP contribution in [0.4, 0.5) is 0 Å². The number of aromatic nitrogens is 3. The molecule has 1 unspecified atom stereocenters. The zero-order valence-electron chi connectivity index (χ0n) is 21.3. The molecule has 0 saturated carbocycles. The Morgan fingerprint density at radius 1 is 1.25 bits per heavy atom. The molecule has 3 heterocycles. The first-order valence-electron chi connectivity index (χ1n) is 12.7. The molecular weight excluding hydrogens is 456 g/mol. The van der Waals surface area contributed by atoms with Crippen molar-refractivity contribution in [2.45, 2.75) is 57.0 Å². The van der Waals surface area contributed by atoms with Crippen LogP contribution in [0.3, 0.4) is 0 Å². The number of hydrogen-bond donors (Lipinski definition) is 3. The zero-order valence-corrected chi connectivity index (χ0v) is 21.3. The molecular formula is C27H36N6O3. The van der Waals surface area contributed by atoms with Gasteiger partial charge in [-0.25, -0.2) is 9.97 Å². The molecule has 2 amide bonds. The van der Waals surface area contributed by atoms with Gasteiger partial charge in [-0.2, -0.15) is 0 Å². The summed E-state index contributed by atoms with van der Waals surface area (Å²) in [6.45, 7) is 0.932. The van der Waals surface area contributed by atoms with Crippen LogP contribution >= 0.6 is 0 Å². The van der Waals surface area contributed by atoms with Crippen LogP contribution in [-0.2, 0) is 9.59 Å². The Morgan fingerprint density at radius 3 is 2.83 bits per heavy atom. The van der Waals surface area contributed by atoms with Crippen molar-refractivity contribution in [1.82, 2.24) is 30.5 Å². The van der Waals surface area contributed by atoms with Gasteiger partial charge in [0.2, 0.25) is 17.7 Å². The number of nitrogens with zero attached hydrogens (tertiary/aromatic N) is 3. The van der Waals surface area contributed by atoms with Gasteiger partial charge in [0, 0.05) is 18.9 Å². The minimum absolute atomic E-state index is 0.0354. The summed E-state index contributed by atoms with van der Waals surface area (Å²) in [7, 11) is 5.26. The number of para-hydroxylation sites is 1. The van der Waals surface area contributed by atoms with E-state index in [-0.39, 0.29) is 23.9 Å². The van der Waals surface area contributed by atoms with E-state index in [4.69, 9.17) is 4.74 Å². The Labute approximate surface area is 212 Å². The minimum atomic E-state index is -0.250. The van der Waals surface area contributed by atoms with Gasteiger partial charge in [-0.15, -0.1) is 0 Å². The number of aromatic amines is 1. The normalized spacial score (nSPS) is 16.7. The van der Waals surface area contributed by atoms with Crippen molar-refractivity contribution in [3.05, 3.63) is 42.4 Å². The summed E-state index contributed by atoms with van der Waals surface area (Å²) in [5.74, 6) is 1.32. The van der Waals surface area contributed by atoms with Gasteiger partial charge in [0.1, 0.15) is 5.82 Å². The minimum Gasteiger partial charge on any atom is -0.480 e. The standard InChI is InChI=1S/C27H36N6O3/c1-28-24(34)14-6-4-5-12-21(31-26(35)23-13-9-15-33(23)2)25-29-17-22(30-25)19-16-18-10-7-8-11-20(18)32-27(19)36-3/h7-8,10-11,16-17,21,23H,4-6,9,12-15H2,1-3H3,(H,28,34)(H,29,30)(H,31,35)/t21-,23?/m0/s1. The number of benzene rings is 1. The van der Waals surface area contributed by atoms with E-state index in [9.17, 15) is 9.59 Å². The molecule has 3 aromatic rings. The highest BCUT2D eigenvalue weighted by molar-refractivity contribution is 5.85. The van der Waals surface area contributed by atoms with Crippen LogP contribution in [0.1, 0.15) is 56.8 Å². The molecule has 9 nitrogen and oxygen atoms in total. The second-order valence-electron chi connectivity index (χ2n) is 9.39. The highest BCUT2D eigenvalue weighted by Gasteiger charge is 2.30. The second-order valence-corrected chi connectivity index (χ2v) is 9.39. The molecule has 9 heteroatoms. The third kappa shape index (κ3) is 6.02. The fourth-order valence-electron chi connectivity index (χ4n) is 4.82. The Kier molecular flexibility index (Phi) is 8.53. The molecule has 1 fully saturated rings. The highest BCUT2D eigenvalue weighted by Crippen LogP contribution is 2.32. The number of carbonyl (C=O) groups is 2. The van der Waals surface area contributed by atoms with Crippen LogP contribution in [0.2, 0.25) is 0 Å². The molecule has 3 N–H and O–H groups in total. The van der Waals surface area contributed by atoms with E-state index in [1.165, 1.54) is 0 Å². The summed E-state index contributed by atoms with van der Waals surface area (Å²) in [6, 6.07) is 9.58. The number of likely N-dealkylation sites (N-methyl/N-ethyl adjacent to an activating group) is 1. The SMILES string of the molecule is CNC(=O)CCCCC[C@H](NC(=O)C1CCCN1C)c1ncc(-c2cc3ccccc3nc2OC)[nH]1. The average Bonchev–Trinajstić information content (AvgIpc) is 3.56. The number of methoxy groups -OCH3 is 1. The first-order chi connectivity index (χ1) is 17.5. The number of fused-ring (bicyclic) bond motifs is 1. The number of H-pyrrole nitrogens is 1. The monoisotopic (exact) mass is 492 g/mol. The number of imidazole rings is 1. The number of hydrogen-bond acceptors (Lipinski definition) is 6. The molecule has 2 aromatic heterocycles. The smallest absolute Gasteiger partial charge is 0.237 e. The van der Waals surface area contributed by atoms with Gasteiger partial charge in [-0.1, -0.05) is 31.0 Å². The Morgan fingerprint density at radius 2 is 2.08 bits per heavy atom. The number of amides is 2. The quantitative estimate of drug-likeness (QED) is 0.353. The number of carbonyl (C=O) groups excluding carboxylic acids is 2. The molecule has 36 heavy (non-hydrogen) atoms. The van der Waals surface area contributed by atoms with E-state index < -0.39 is 0 Å². The summed E-state index contributed by atoms with van der Waals surface area (Å²) in [6.07, 6.45) is 7.50. The van der Waals surface area contributed by atoms with Crippen molar-refractivity contribution in [1.29, 1.82) is 0 Å².